The molecule has 2 N–H and O–H groups in total. The summed E-state index contributed by atoms with van der Waals surface area (Å²) in [6.45, 7) is 0.0429. The van der Waals surface area contributed by atoms with Gasteiger partial charge in [0.05, 0.1) is 18.8 Å². The molecule has 0 radical (unpaired) electrons. The summed E-state index contributed by atoms with van der Waals surface area (Å²) in [7, 11) is 1.28. The lowest BCUT2D eigenvalue weighted by Gasteiger charge is -2.31. The molecule has 2 aromatic rings. The number of methoxy groups -OCH3 is 1. The van der Waals surface area contributed by atoms with Crippen LogP contribution in [-0.2, 0) is 14.3 Å². The van der Waals surface area contributed by atoms with Crippen molar-refractivity contribution in [1.29, 1.82) is 0 Å². The van der Waals surface area contributed by atoms with E-state index in [1.54, 1.807) is 28.9 Å². The third kappa shape index (κ3) is 3.65. The molecular weight excluding hydrogens is 436 g/mol. The molecule has 0 bridgehead atoms. The highest BCUT2D eigenvalue weighted by Crippen LogP contribution is 2.37. The van der Waals surface area contributed by atoms with Crippen molar-refractivity contribution in [2.75, 3.05) is 25.8 Å². The van der Waals surface area contributed by atoms with E-state index in [4.69, 9.17) is 14.2 Å². The number of rotatable bonds is 5. The van der Waals surface area contributed by atoms with Gasteiger partial charge in [0.25, 0.3) is 5.91 Å². The summed E-state index contributed by atoms with van der Waals surface area (Å²) >= 11 is 1.17. The van der Waals surface area contributed by atoms with Crippen LogP contribution in [0.15, 0.2) is 42.0 Å². The monoisotopic (exact) mass is 456 g/mol. The first-order valence-electron chi connectivity index (χ1n) is 9.92. The molecule has 10 nitrogen and oxygen atoms in total. The van der Waals surface area contributed by atoms with Gasteiger partial charge in [0.15, 0.2) is 11.5 Å². The molecule has 2 amide bonds. The lowest BCUT2D eigenvalue weighted by Crippen LogP contribution is -2.49. The number of hydrogen-bond acceptors (Lipinski definition) is 9. The number of nitrogens with zero attached hydrogens (tertiary/aromatic N) is 2. The van der Waals surface area contributed by atoms with E-state index >= 15 is 0 Å². The molecule has 1 saturated heterocycles. The van der Waals surface area contributed by atoms with Crippen LogP contribution in [-0.4, -0.2) is 54.2 Å². The SMILES string of the molecule is COC(=O)c1sccc1NC(=O)CN1C=CN2NC(c3ccc4c(c3)OCO4)CC2C1=O. The number of thiophene rings is 1. The van der Waals surface area contributed by atoms with E-state index in [1.165, 1.54) is 23.3 Å². The Balaban J connectivity index is 1.23. The van der Waals surface area contributed by atoms with E-state index in [0.717, 1.165) is 5.56 Å². The van der Waals surface area contributed by atoms with E-state index in [1.807, 2.05) is 18.2 Å². The Morgan fingerprint density at radius 3 is 2.94 bits per heavy atom. The minimum Gasteiger partial charge on any atom is -0.465 e. The van der Waals surface area contributed by atoms with Crippen molar-refractivity contribution in [1.82, 2.24) is 15.3 Å². The average Bonchev–Trinajstić information content (AvgIpc) is 3.54. The van der Waals surface area contributed by atoms with Crippen LogP contribution in [0.1, 0.15) is 27.7 Å². The van der Waals surface area contributed by atoms with Gasteiger partial charge in [0, 0.05) is 12.4 Å². The number of esters is 1. The van der Waals surface area contributed by atoms with E-state index in [2.05, 4.69) is 10.7 Å². The predicted octanol–water partition coefficient (Wildman–Crippen LogP) is 1.84. The van der Waals surface area contributed by atoms with Gasteiger partial charge in [-0.3, -0.25) is 9.59 Å². The Labute approximate surface area is 187 Å². The zero-order valence-corrected chi connectivity index (χ0v) is 17.9. The topological polar surface area (TPSA) is 109 Å². The number of fused-ring (bicyclic) bond motifs is 2. The van der Waals surface area contributed by atoms with Crippen LogP contribution in [0.5, 0.6) is 11.5 Å². The molecule has 1 fully saturated rings. The quantitative estimate of drug-likeness (QED) is 0.656. The molecule has 1 aromatic heterocycles. The molecule has 11 heteroatoms. The summed E-state index contributed by atoms with van der Waals surface area (Å²) < 4.78 is 15.5. The van der Waals surface area contributed by atoms with Crippen LogP contribution in [0.4, 0.5) is 5.69 Å². The molecule has 0 aliphatic carbocycles. The van der Waals surface area contributed by atoms with Gasteiger partial charge in [-0.05, 0) is 35.6 Å². The number of amides is 2. The maximum absolute atomic E-state index is 13.0. The zero-order valence-electron chi connectivity index (χ0n) is 17.1. The highest BCUT2D eigenvalue weighted by atomic mass is 32.1. The number of ether oxygens (including phenoxy) is 3. The number of hydrogen-bond donors (Lipinski definition) is 2. The van der Waals surface area contributed by atoms with Crippen molar-refractivity contribution < 1.29 is 28.6 Å². The van der Waals surface area contributed by atoms with Crippen molar-refractivity contribution in [3.8, 4) is 11.5 Å². The van der Waals surface area contributed by atoms with Gasteiger partial charge >= 0.3 is 5.97 Å². The summed E-state index contributed by atoms with van der Waals surface area (Å²) in [6, 6.07) is 6.83. The number of carbonyl (C=O) groups excluding carboxylic acids is 3. The first-order valence-corrected chi connectivity index (χ1v) is 10.8. The number of anilines is 1. The summed E-state index contributed by atoms with van der Waals surface area (Å²) in [5.41, 5.74) is 4.68. The first-order chi connectivity index (χ1) is 15.5. The number of carbonyl (C=O) groups is 3. The number of nitrogens with one attached hydrogen (secondary N) is 2. The molecule has 0 spiro atoms. The van der Waals surface area contributed by atoms with Crippen LogP contribution in [0.2, 0.25) is 0 Å². The molecule has 3 aliphatic rings. The van der Waals surface area contributed by atoms with E-state index in [-0.39, 0.29) is 25.3 Å². The molecule has 166 valence electrons. The predicted molar refractivity (Wildman–Crippen MR) is 114 cm³/mol. The van der Waals surface area contributed by atoms with Gasteiger partial charge < -0.3 is 29.4 Å². The van der Waals surface area contributed by atoms with Crippen molar-refractivity contribution >= 4 is 34.8 Å². The Bertz CT molecular complexity index is 1120. The molecule has 5 rings (SSSR count). The second-order valence-electron chi connectivity index (χ2n) is 7.42. The van der Waals surface area contributed by atoms with Gasteiger partial charge in [0.2, 0.25) is 12.7 Å². The summed E-state index contributed by atoms with van der Waals surface area (Å²) in [5.74, 6) is 0.286. The maximum Gasteiger partial charge on any atom is 0.350 e. The second kappa shape index (κ2) is 8.17. The molecule has 2 atom stereocenters. The Morgan fingerprint density at radius 1 is 1.25 bits per heavy atom. The van der Waals surface area contributed by atoms with Gasteiger partial charge in [0.1, 0.15) is 17.5 Å². The van der Waals surface area contributed by atoms with Gasteiger partial charge in [-0.1, -0.05) is 6.07 Å². The highest BCUT2D eigenvalue weighted by molar-refractivity contribution is 7.12. The molecule has 3 aliphatic heterocycles. The van der Waals surface area contributed by atoms with Crippen LogP contribution in [0, 0.1) is 0 Å². The van der Waals surface area contributed by atoms with E-state index < -0.39 is 17.9 Å². The van der Waals surface area contributed by atoms with Crippen LogP contribution < -0.4 is 20.2 Å². The maximum atomic E-state index is 13.0. The molecule has 1 aromatic carbocycles. The molecule has 0 saturated carbocycles. The largest absolute Gasteiger partial charge is 0.465 e. The molecule has 4 heterocycles. The standard InChI is InChI=1S/C21H20N4O6S/c1-29-21(28)19-13(4-7-32-19)22-18(26)10-24-5-6-25-15(20(24)27)9-14(23-25)12-2-3-16-17(8-12)31-11-30-16/h2-8,14-15,23H,9-11H2,1H3,(H,22,26). The molecule has 2 unspecified atom stereocenters. The van der Waals surface area contributed by atoms with Gasteiger partial charge in [-0.15, -0.1) is 11.3 Å². The second-order valence-corrected chi connectivity index (χ2v) is 8.34. The highest BCUT2D eigenvalue weighted by Gasteiger charge is 2.40. The van der Waals surface area contributed by atoms with Crippen LogP contribution in [0.25, 0.3) is 0 Å². The van der Waals surface area contributed by atoms with Crippen molar-refractivity contribution in [3.05, 3.63) is 52.5 Å². The summed E-state index contributed by atoms with van der Waals surface area (Å²) in [6.07, 6.45) is 3.86. The molecule has 32 heavy (non-hydrogen) atoms. The Morgan fingerprint density at radius 2 is 2.09 bits per heavy atom. The smallest absolute Gasteiger partial charge is 0.350 e. The van der Waals surface area contributed by atoms with Crippen molar-refractivity contribution in [2.24, 2.45) is 0 Å². The molecular formula is C21H20N4O6S. The Kier molecular flexibility index (Phi) is 5.19. The fraction of sp³-hybridized carbons (Fsp3) is 0.286. The van der Waals surface area contributed by atoms with E-state index in [0.29, 0.717) is 28.5 Å². The lowest BCUT2D eigenvalue weighted by atomic mass is 10.0. The zero-order chi connectivity index (χ0) is 22.2. The summed E-state index contributed by atoms with van der Waals surface area (Å²) in [4.78, 5) is 39.0. The van der Waals surface area contributed by atoms with Crippen molar-refractivity contribution in [3.63, 3.8) is 0 Å². The Hall–Kier alpha value is -3.57. The van der Waals surface area contributed by atoms with Crippen LogP contribution >= 0.6 is 11.3 Å². The number of hydrazine groups is 1. The first kappa shape index (κ1) is 20.3. The fourth-order valence-electron chi connectivity index (χ4n) is 3.92. The minimum absolute atomic E-state index is 0.0784. The van der Waals surface area contributed by atoms with Crippen molar-refractivity contribution in [2.45, 2.75) is 18.5 Å². The van der Waals surface area contributed by atoms with Gasteiger partial charge in [-0.2, -0.15) is 0 Å². The lowest BCUT2D eigenvalue weighted by molar-refractivity contribution is -0.137. The van der Waals surface area contributed by atoms with E-state index in [9.17, 15) is 14.4 Å². The fourth-order valence-corrected chi connectivity index (χ4v) is 4.68. The third-order valence-corrected chi connectivity index (χ3v) is 6.39. The summed E-state index contributed by atoms with van der Waals surface area (Å²) in [5, 5.41) is 6.13. The van der Waals surface area contributed by atoms with Gasteiger partial charge in [-0.25, -0.2) is 10.2 Å². The van der Waals surface area contributed by atoms with Crippen LogP contribution in [0.3, 0.4) is 0 Å². The third-order valence-electron chi connectivity index (χ3n) is 5.50. The number of benzene rings is 1. The normalized spacial score (nSPS) is 21.0. The minimum atomic E-state index is -0.522. The average molecular weight is 456 g/mol.